The van der Waals surface area contributed by atoms with Gasteiger partial charge in [-0.3, -0.25) is 9.59 Å². The van der Waals surface area contributed by atoms with Gasteiger partial charge in [-0.1, -0.05) is 6.07 Å². The summed E-state index contributed by atoms with van der Waals surface area (Å²) in [6.07, 6.45) is 1.43. The number of imidazole rings is 1. The largest absolute Gasteiger partial charge is 0.368 e. The first-order chi connectivity index (χ1) is 10.5. The van der Waals surface area contributed by atoms with Crippen molar-refractivity contribution < 1.29 is 9.59 Å². The molecule has 3 rings (SSSR count). The fourth-order valence-electron chi connectivity index (χ4n) is 1.96. The molecule has 0 unspecified atom stereocenters. The van der Waals surface area contributed by atoms with Crippen molar-refractivity contribution in [1.82, 2.24) is 19.9 Å². The van der Waals surface area contributed by atoms with E-state index in [0.29, 0.717) is 11.0 Å². The van der Waals surface area contributed by atoms with Crippen LogP contribution in [0.25, 0.3) is 11.0 Å². The smallest absolute Gasteiger partial charge is 0.284 e. The number of rotatable bonds is 3. The summed E-state index contributed by atoms with van der Waals surface area (Å²) < 4.78 is 0. The van der Waals surface area contributed by atoms with E-state index in [-0.39, 0.29) is 23.2 Å². The number of carbonyl (C=O) groups excluding carboxylic acids is 2. The van der Waals surface area contributed by atoms with E-state index in [1.54, 1.807) is 18.2 Å². The lowest BCUT2D eigenvalue weighted by molar-refractivity contribution is 0.0989. The monoisotopic (exact) mass is 297 g/mol. The average Bonchev–Trinajstić information content (AvgIpc) is 2.91. The third-order valence-electron chi connectivity index (χ3n) is 2.91. The third kappa shape index (κ3) is 2.42. The number of hydrogen-bond acceptors (Lipinski definition) is 6. The quantitative estimate of drug-likeness (QED) is 0.545. The normalized spacial score (nSPS) is 10.5. The number of aromatic amines is 1. The highest BCUT2D eigenvalue weighted by molar-refractivity contribution is 6.11. The van der Waals surface area contributed by atoms with Crippen LogP contribution in [0, 0.1) is 0 Å². The van der Waals surface area contributed by atoms with Crippen molar-refractivity contribution in [1.29, 1.82) is 0 Å². The number of primary amides is 1. The third-order valence-corrected chi connectivity index (χ3v) is 2.91. The van der Waals surface area contributed by atoms with Crippen molar-refractivity contribution in [2.75, 3.05) is 11.1 Å². The topological polar surface area (TPSA) is 153 Å². The SMILES string of the molecule is NC(=O)c1nc2c(C(=O)Nc3ccnc(N)n3)cccc2[nH]1. The Balaban J connectivity index is 1.98. The fraction of sp³-hybridized carbons (Fsp3) is 0. The molecule has 2 amide bonds. The Labute approximate surface area is 123 Å². The van der Waals surface area contributed by atoms with Crippen LogP contribution in [-0.4, -0.2) is 31.8 Å². The number of aromatic nitrogens is 4. The molecule has 2 heterocycles. The second-order valence-corrected chi connectivity index (χ2v) is 4.41. The highest BCUT2D eigenvalue weighted by Gasteiger charge is 2.16. The second kappa shape index (κ2) is 5.13. The van der Waals surface area contributed by atoms with Gasteiger partial charge in [0.1, 0.15) is 11.3 Å². The van der Waals surface area contributed by atoms with Crippen LogP contribution in [0.1, 0.15) is 21.0 Å². The van der Waals surface area contributed by atoms with Gasteiger partial charge in [0, 0.05) is 6.20 Å². The molecule has 22 heavy (non-hydrogen) atoms. The number of benzene rings is 1. The van der Waals surface area contributed by atoms with Gasteiger partial charge in [0.25, 0.3) is 11.8 Å². The second-order valence-electron chi connectivity index (χ2n) is 4.41. The van der Waals surface area contributed by atoms with Gasteiger partial charge in [-0.25, -0.2) is 9.97 Å². The van der Waals surface area contributed by atoms with Gasteiger partial charge in [0.05, 0.1) is 11.1 Å². The number of nitrogen functional groups attached to an aromatic ring is 1. The molecule has 0 radical (unpaired) electrons. The molecule has 0 saturated heterocycles. The summed E-state index contributed by atoms with van der Waals surface area (Å²) in [4.78, 5) is 37.9. The van der Waals surface area contributed by atoms with Crippen LogP contribution in [0.5, 0.6) is 0 Å². The zero-order chi connectivity index (χ0) is 15.7. The molecule has 0 spiro atoms. The Hall–Kier alpha value is -3.49. The average molecular weight is 297 g/mol. The van der Waals surface area contributed by atoms with Gasteiger partial charge in [-0.05, 0) is 18.2 Å². The molecule has 0 aliphatic heterocycles. The van der Waals surface area contributed by atoms with Crippen LogP contribution in [0.3, 0.4) is 0 Å². The standard InChI is InChI=1S/C13H11N7O2/c14-10(21)11-17-7-3-1-2-6(9(7)20-11)12(22)18-8-4-5-16-13(15)19-8/h1-5H,(H2,14,21)(H,17,20)(H3,15,16,18,19,22). The maximum atomic E-state index is 12.3. The molecule has 0 bridgehead atoms. The maximum absolute atomic E-state index is 12.3. The molecule has 3 aromatic rings. The van der Waals surface area contributed by atoms with Crippen molar-refractivity contribution in [2.45, 2.75) is 0 Å². The van der Waals surface area contributed by atoms with E-state index in [0.717, 1.165) is 0 Å². The molecule has 0 saturated carbocycles. The molecule has 1 aromatic carbocycles. The van der Waals surface area contributed by atoms with Crippen LogP contribution >= 0.6 is 0 Å². The van der Waals surface area contributed by atoms with Gasteiger partial charge in [-0.15, -0.1) is 0 Å². The molecule has 0 fully saturated rings. The number of anilines is 2. The molecule has 9 heteroatoms. The minimum atomic E-state index is -0.703. The Kier molecular flexibility index (Phi) is 3.14. The predicted molar refractivity (Wildman–Crippen MR) is 79.0 cm³/mol. The van der Waals surface area contributed by atoms with Gasteiger partial charge >= 0.3 is 0 Å². The van der Waals surface area contributed by atoms with Crippen LogP contribution in [0.4, 0.5) is 11.8 Å². The lowest BCUT2D eigenvalue weighted by Crippen LogP contribution is -2.14. The van der Waals surface area contributed by atoms with Crippen LogP contribution in [-0.2, 0) is 0 Å². The zero-order valence-electron chi connectivity index (χ0n) is 11.2. The summed E-state index contributed by atoms with van der Waals surface area (Å²) in [5, 5.41) is 2.59. The van der Waals surface area contributed by atoms with E-state index < -0.39 is 11.8 Å². The molecule has 0 aliphatic rings. The number of para-hydroxylation sites is 1. The number of carbonyl (C=O) groups is 2. The first-order valence-corrected chi connectivity index (χ1v) is 6.23. The highest BCUT2D eigenvalue weighted by Crippen LogP contribution is 2.18. The summed E-state index contributed by atoms with van der Waals surface area (Å²) in [5.41, 5.74) is 11.8. The van der Waals surface area contributed by atoms with Crippen molar-refractivity contribution in [2.24, 2.45) is 5.73 Å². The predicted octanol–water partition coefficient (Wildman–Crippen LogP) is 0.286. The molecular weight excluding hydrogens is 286 g/mol. The summed E-state index contributed by atoms with van der Waals surface area (Å²) in [6, 6.07) is 6.43. The number of fused-ring (bicyclic) bond motifs is 1. The first kappa shape index (κ1) is 13.5. The van der Waals surface area contributed by atoms with E-state index >= 15 is 0 Å². The maximum Gasteiger partial charge on any atom is 0.284 e. The van der Waals surface area contributed by atoms with E-state index in [1.807, 2.05) is 0 Å². The first-order valence-electron chi connectivity index (χ1n) is 6.23. The van der Waals surface area contributed by atoms with Crippen LogP contribution in [0.2, 0.25) is 0 Å². The Morgan fingerprint density at radius 3 is 2.73 bits per heavy atom. The van der Waals surface area contributed by atoms with Crippen LogP contribution < -0.4 is 16.8 Å². The lowest BCUT2D eigenvalue weighted by atomic mass is 10.1. The van der Waals surface area contributed by atoms with Crippen molar-refractivity contribution >= 4 is 34.6 Å². The molecule has 110 valence electrons. The molecule has 0 atom stereocenters. The lowest BCUT2D eigenvalue weighted by Gasteiger charge is -2.05. The molecule has 2 aromatic heterocycles. The van der Waals surface area contributed by atoms with E-state index in [1.165, 1.54) is 12.3 Å². The molecular formula is C13H11N7O2. The van der Waals surface area contributed by atoms with Crippen molar-refractivity contribution in [3.05, 3.63) is 41.9 Å². The minimum absolute atomic E-state index is 0.0125. The number of nitrogens with zero attached hydrogens (tertiary/aromatic N) is 3. The number of nitrogens with two attached hydrogens (primary N) is 2. The van der Waals surface area contributed by atoms with Crippen LogP contribution in [0.15, 0.2) is 30.5 Å². The number of hydrogen-bond donors (Lipinski definition) is 4. The number of nitrogens with one attached hydrogen (secondary N) is 2. The summed E-state index contributed by atoms with van der Waals surface area (Å²) >= 11 is 0. The van der Waals surface area contributed by atoms with Crippen molar-refractivity contribution in [3.8, 4) is 0 Å². The Bertz CT molecular complexity index is 887. The number of H-pyrrole nitrogens is 1. The highest BCUT2D eigenvalue weighted by atomic mass is 16.2. The van der Waals surface area contributed by atoms with Gasteiger partial charge in [0.2, 0.25) is 5.95 Å². The van der Waals surface area contributed by atoms with Gasteiger partial charge in [0.15, 0.2) is 5.82 Å². The van der Waals surface area contributed by atoms with E-state index in [9.17, 15) is 9.59 Å². The van der Waals surface area contributed by atoms with Gasteiger partial charge < -0.3 is 21.8 Å². The summed E-state index contributed by atoms with van der Waals surface area (Å²) in [5.74, 6) is -0.842. The van der Waals surface area contributed by atoms with E-state index in [2.05, 4.69) is 25.3 Å². The number of amides is 2. The van der Waals surface area contributed by atoms with E-state index in [4.69, 9.17) is 11.5 Å². The Morgan fingerprint density at radius 1 is 1.18 bits per heavy atom. The fourth-order valence-corrected chi connectivity index (χ4v) is 1.96. The molecule has 0 aliphatic carbocycles. The Morgan fingerprint density at radius 2 is 2.00 bits per heavy atom. The molecule has 6 N–H and O–H groups in total. The summed E-state index contributed by atoms with van der Waals surface area (Å²) in [6.45, 7) is 0. The van der Waals surface area contributed by atoms with Crippen molar-refractivity contribution in [3.63, 3.8) is 0 Å². The molecule has 9 nitrogen and oxygen atoms in total. The zero-order valence-corrected chi connectivity index (χ0v) is 11.2. The van der Waals surface area contributed by atoms with Gasteiger partial charge in [-0.2, -0.15) is 4.98 Å². The summed E-state index contributed by atoms with van der Waals surface area (Å²) in [7, 11) is 0. The minimum Gasteiger partial charge on any atom is -0.368 e.